The lowest BCUT2D eigenvalue weighted by Crippen LogP contribution is -2.20. The number of fused-ring (bicyclic) bond motifs is 1. The van der Waals surface area contributed by atoms with Crippen LogP contribution in [0.5, 0.6) is 0 Å². The Bertz CT molecular complexity index is 1030. The molecule has 0 saturated heterocycles. The van der Waals surface area contributed by atoms with Crippen molar-refractivity contribution in [3.05, 3.63) is 72.3 Å². The summed E-state index contributed by atoms with van der Waals surface area (Å²) in [6.45, 7) is 1.14. The van der Waals surface area contributed by atoms with Crippen molar-refractivity contribution in [2.45, 2.75) is 19.3 Å². The van der Waals surface area contributed by atoms with Gasteiger partial charge >= 0.3 is 0 Å². The van der Waals surface area contributed by atoms with E-state index in [0.29, 0.717) is 36.3 Å². The summed E-state index contributed by atoms with van der Waals surface area (Å²) in [5.41, 5.74) is 3.42. The molecule has 0 N–H and O–H groups in total. The van der Waals surface area contributed by atoms with E-state index in [-0.39, 0.29) is 6.10 Å². The van der Waals surface area contributed by atoms with Gasteiger partial charge in [0, 0.05) is 6.20 Å². The zero-order valence-electron chi connectivity index (χ0n) is 13.8. The molecule has 0 saturated carbocycles. The van der Waals surface area contributed by atoms with Gasteiger partial charge < -0.3 is 13.8 Å². The van der Waals surface area contributed by atoms with Crippen molar-refractivity contribution in [2.24, 2.45) is 0 Å². The monoisotopic (exact) mass is 345 g/mol. The lowest BCUT2D eigenvalue weighted by atomic mass is 10.1. The molecule has 1 aliphatic heterocycles. The van der Waals surface area contributed by atoms with Gasteiger partial charge in [-0.1, -0.05) is 41.6 Å². The molecule has 3 aromatic heterocycles. The largest absolute Gasteiger partial charge is 0.365 e. The average molecular weight is 345 g/mol. The molecular weight excluding hydrogens is 330 g/mol. The smallest absolute Gasteiger partial charge is 0.278 e. The standard InChI is InChI=1S/C19H15N5O2/c1-2-6-13(7-3-1)16-10-24-12-21-17(15(24)11-25-16)19-22-18(23-26-19)14-8-4-5-9-20-14/h1-9,12,16H,10-11H2. The molecule has 128 valence electrons. The zero-order chi connectivity index (χ0) is 17.3. The molecule has 5 rings (SSSR count). The highest BCUT2D eigenvalue weighted by atomic mass is 16.5. The van der Waals surface area contributed by atoms with Gasteiger partial charge in [0.2, 0.25) is 5.82 Å². The molecule has 4 aromatic rings. The fourth-order valence-electron chi connectivity index (χ4n) is 3.09. The van der Waals surface area contributed by atoms with E-state index in [0.717, 1.165) is 11.3 Å². The molecule has 7 heteroatoms. The van der Waals surface area contributed by atoms with Crippen LogP contribution in [0.4, 0.5) is 0 Å². The number of pyridine rings is 1. The van der Waals surface area contributed by atoms with E-state index >= 15 is 0 Å². The summed E-state index contributed by atoms with van der Waals surface area (Å²) in [4.78, 5) is 13.1. The first kappa shape index (κ1) is 15.0. The van der Waals surface area contributed by atoms with Crippen LogP contribution < -0.4 is 0 Å². The highest BCUT2D eigenvalue weighted by molar-refractivity contribution is 5.56. The quantitative estimate of drug-likeness (QED) is 0.567. The number of hydrogen-bond acceptors (Lipinski definition) is 6. The van der Waals surface area contributed by atoms with Crippen LogP contribution in [-0.2, 0) is 17.9 Å². The van der Waals surface area contributed by atoms with E-state index in [1.54, 1.807) is 12.5 Å². The van der Waals surface area contributed by atoms with E-state index in [4.69, 9.17) is 9.26 Å². The summed E-state index contributed by atoms with van der Waals surface area (Å²) < 4.78 is 13.5. The van der Waals surface area contributed by atoms with Crippen molar-refractivity contribution in [3.8, 4) is 23.1 Å². The summed E-state index contributed by atoms with van der Waals surface area (Å²) in [7, 11) is 0. The lowest BCUT2D eigenvalue weighted by Gasteiger charge is -2.25. The molecule has 0 radical (unpaired) electrons. The van der Waals surface area contributed by atoms with E-state index in [2.05, 4.69) is 36.8 Å². The zero-order valence-corrected chi connectivity index (χ0v) is 13.8. The van der Waals surface area contributed by atoms with Gasteiger partial charge in [0.15, 0.2) is 5.69 Å². The predicted molar refractivity (Wildman–Crippen MR) is 92.7 cm³/mol. The van der Waals surface area contributed by atoms with Crippen LogP contribution in [0, 0.1) is 0 Å². The topological polar surface area (TPSA) is 78.9 Å². The molecular formula is C19H15N5O2. The van der Waals surface area contributed by atoms with Crippen LogP contribution in [0.1, 0.15) is 17.4 Å². The third-order valence-corrected chi connectivity index (χ3v) is 4.42. The van der Waals surface area contributed by atoms with E-state index < -0.39 is 0 Å². The average Bonchev–Trinajstić information content (AvgIpc) is 3.36. The third-order valence-electron chi connectivity index (χ3n) is 4.42. The van der Waals surface area contributed by atoms with Crippen LogP contribution in [-0.4, -0.2) is 24.7 Å². The van der Waals surface area contributed by atoms with Gasteiger partial charge in [-0.05, 0) is 17.7 Å². The second kappa shape index (κ2) is 6.20. The first-order chi connectivity index (χ1) is 12.9. The first-order valence-electron chi connectivity index (χ1n) is 8.34. The second-order valence-electron chi connectivity index (χ2n) is 6.04. The second-order valence-corrected chi connectivity index (χ2v) is 6.04. The fourth-order valence-corrected chi connectivity index (χ4v) is 3.09. The maximum Gasteiger partial charge on any atom is 0.278 e. The Morgan fingerprint density at radius 2 is 1.88 bits per heavy atom. The highest BCUT2D eigenvalue weighted by Crippen LogP contribution is 2.31. The number of aromatic nitrogens is 5. The number of benzene rings is 1. The SMILES string of the molecule is c1ccc(C2Cn3cnc(-c4nc(-c5ccccn5)no4)c3CO2)cc1. The molecule has 0 amide bonds. The number of imidazole rings is 1. The minimum Gasteiger partial charge on any atom is -0.365 e. The van der Waals surface area contributed by atoms with Crippen LogP contribution >= 0.6 is 0 Å². The van der Waals surface area contributed by atoms with Crippen LogP contribution in [0.25, 0.3) is 23.1 Å². The molecule has 4 heterocycles. The van der Waals surface area contributed by atoms with Crippen LogP contribution in [0.15, 0.2) is 65.6 Å². The van der Waals surface area contributed by atoms with E-state index in [1.807, 2.05) is 36.4 Å². The molecule has 7 nitrogen and oxygen atoms in total. The van der Waals surface area contributed by atoms with Crippen molar-refractivity contribution < 1.29 is 9.26 Å². The molecule has 1 unspecified atom stereocenters. The van der Waals surface area contributed by atoms with E-state index in [9.17, 15) is 0 Å². The Labute approximate surface area is 149 Å². The number of ether oxygens (including phenoxy) is 1. The lowest BCUT2D eigenvalue weighted by molar-refractivity contribution is 0.00330. The Morgan fingerprint density at radius 1 is 1.00 bits per heavy atom. The summed E-state index contributed by atoms with van der Waals surface area (Å²) in [6.07, 6.45) is 3.51. The molecule has 0 aliphatic carbocycles. The molecule has 0 spiro atoms. The van der Waals surface area contributed by atoms with Crippen molar-refractivity contribution in [3.63, 3.8) is 0 Å². The number of hydrogen-bond donors (Lipinski definition) is 0. The minimum absolute atomic E-state index is 0.0116. The van der Waals surface area contributed by atoms with Crippen LogP contribution in [0.2, 0.25) is 0 Å². The molecule has 1 aliphatic rings. The van der Waals surface area contributed by atoms with Crippen molar-refractivity contribution in [1.29, 1.82) is 0 Å². The summed E-state index contributed by atoms with van der Waals surface area (Å²) in [5.74, 6) is 0.822. The molecule has 0 bridgehead atoms. The van der Waals surface area contributed by atoms with Crippen molar-refractivity contribution in [1.82, 2.24) is 24.7 Å². The van der Waals surface area contributed by atoms with Gasteiger partial charge in [0.25, 0.3) is 5.89 Å². The molecule has 1 atom stereocenters. The third kappa shape index (κ3) is 2.58. The van der Waals surface area contributed by atoms with Crippen LogP contribution in [0.3, 0.4) is 0 Å². The maximum absolute atomic E-state index is 6.04. The summed E-state index contributed by atoms with van der Waals surface area (Å²) >= 11 is 0. The minimum atomic E-state index is 0.0116. The van der Waals surface area contributed by atoms with Crippen molar-refractivity contribution >= 4 is 0 Å². The highest BCUT2D eigenvalue weighted by Gasteiger charge is 2.26. The normalized spacial score (nSPS) is 16.4. The molecule has 0 fully saturated rings. The van der Waals surface area contributed by atoms with E-state index in [1.165, 1.54) is 0 Å². The predicted octanol–water partition coefficient (Wildman–Crippen LogP) is 3.27. The van der Waals surface area contributed by atoms with Crippen molar-refractivity contribution in [2.75, 3.05) is 0 Å². The van der Waals surface area contributed by atoms with Gasteiger partial charge in [-0.3, -0.25) is 4.98 Å². The van der Waals surface area contributed by atoms with Gasteiger partial charge in [0.1, 0.15) is 11.8 Å². The van der Waals surface area contributed by atoms with Gasteiger partial charge in [-0.25, -0.2) is 4.98 Å². The van der Waals surface area contributed by atoms with Gasteiger partial charge in [0.05, 0.1) is 25.2 Å². The Kier molecular flexibility index (Phi) is 3.57. The van der Waals surface area contributed by atoms with Gasteiger partial charge in [-0.2, -0.15) is 4.98 Å². The molecule has 26 heavy (non-hydrogen) atoms. The fraction of sp³-hybridized carbons (Fsp3) is 0.158. The Hall–Kier alpha value is -3.32. The first-order valence-corrected chi connectivity index (χ1v) is 8.34. The number of rotatable bonds is 3. The molecule has 1 aromatic carbocycles. The Morgan fingerprint density at radius 3 is 2.73 bits per heavy atom. The summed E-state index contributed by atoms with van der Waals surface area (Å²) in [5, 5.41) is 4.02. The number of nitrogens with zero attached hydrogens (tertiary/aromatic N) is 5. The maximum atomic E-state index is 6.04. The Balaban J connectivity index is 1.43. The summed E-state index contributed by atoms with van der Waals surface area (Å²) in [6, 6.07) is 15.8. The van der Waals surface area contributed by atoms with Gasteiger partial charge in [-0.15, -0.1) is 0 Å².